The number of carboxylic acids is 1. The van der Waals surface area contributed by atoms with Gasteiger partial charge in [-0.3, -0.25) is 4.40 Å². The third-order valence-corrected chi connectivity index (χ3v) is 2.11. The normalized spacial score (nSPS) is 11.2. The van der Waals surface area contributed by atoms with Crippen LogP contribution in [0.4, 0.5) is 0 Å². The number of hydrogen-bond donors (Lipinski definition) is 2. The van der Waals surface area contributed by atoms with Crippen LogP contribution in [-0.4, -0.2) is 35.4 Å². The minimum atomic E-state index is -1.04. The van der Waals surface area contributed by atoms with Crippen molar-refractivity contribution in [3.8, 4) is 0 Å². The molecule has 7 heteroatoms. The molecule has 3 rings (SSSR count). The number of nitrogens with one attached hydrogen (secondary N) is 1. The molecule has 0 aromatic carbocycles. The number of fused-ring (bicyclic) bond motifs is 2. The van der Waals surface area contributed by atoms with Crippen LogP contribution in [0.25, 0.3) is 16.9 Å². The summed E-state index contributed by atoms with van der Waals surface area (Å²) < 4.78 is 1.41. The summed E-state index contributed by atoms with van der Waals surface area (Å²) in [6.45, 7) is 0. The van der Waals surface area contributed by atoms with Gasteiger partial charge in [0, 0.05) is 6.20 Å². The lowest BCUT2D eigenvalue weighted by Crippen LogP contribution is -2.02. The minimum Gasteiger partial charge on any atom is -0.477 e. The van der Waals surface area contributed by atoms with Crippen molar-refractivity contribution in [2.45, 2.75) is 0 Å². The summed E-state index contributed by atoms with van der Waals surface area (Å²) in [5, 5.41) is 8.88. The molecule has 15 heavy (non-hydrogen) atoms. The Morgan fingerprint density at radius 2 is 2.33 bits per heavy atom. The van der Waals surface area contributed by atoms with E-state index in [0.717, 1.165) is 0 Å². The number of carboxylic acid groups (broad SMARTS) is 1. The van der Waals surface area contributed by atoms with Crippen molar-refractivity contribution in [2.24, 2.45) is 0 Å². The van der Waals surface area contributed by atoms with E-state index in [1.165, 1.54) is 16.9 Å². The first-order valence-electron chi connectivity index (χ1n) is 4.16. The van der Waals surface area contributed by atoms with Crippen LogP contribution in [-0.2, 0) is 0 Å². The zero-order chi connectivity index (χ0) is 10.4. The highest BCUT2D eigenvalue weighted by Gasteiger charge is 2.12. The molecular weight excluding hydrogens is 198 g/mol. The average molecular weight is 203 g/mol. The molecule has 0 unspecified atom stereocenters. The van der Waals surface area contributed by atoms with Crippen molar-refractivity contribution in [1.29, 1.82) is 0 Å². The highest BCUT2D eigenvalue weighted by atomic mass is 16.4. The minimum absolute atomic E-state index is 0.0778. The molecule has 0 amide bonds. The van der Waals surface area contributed by atoms with Crippen molar-refractivity contribution in [1.82, 2.24) is 24.3 Å². The zero-order valence-corrected chi connectivity index (χ0v) is 7.38. The van der Waals surface area contributed by atoms with Crippen LogP contribution < -0.4 is 0 Å². The smallest absolute Gasteiger partial charge is 0.354 e. The molecule has 0 radical (unpaired) electrons. The summed E-state index contributed by atoms with van der Waals surface area (Å²) in [4.78, 5) is 25.6. The molecule has 74 valence electrons. The summed E-state index contributed by atoms with van der Waals surface area (Å²) >= 11 is 0. The van der Waals surface area contributed by atoms with Gasteiger partial charge in [0.25, 0.3) is 0 Å². The van der Waals surface area contributed by atoms with Crippen LogP contribution >= 0.6 is 0 Å². The first kappa shape index (κ1) is 7.92. The van der Waals surface area contributed by atoms with Crippen LogP contribution in [0.15, 0.2) is 18.7 Å². The van der Waals surface area contributed by atoms with Gasteiger partial charge in [0.15, 0.2) is 11.3 Å². The summed E-state index contributed by atoms with van der Waals surface area (Å²) in [6, 6.07) is 0. The van der Waals surface area contributed by atoms with Gasteiger partial charge in [0.05, 0.1) is 12.5 Å². The van der Waals surface area contributed by atoms with E-state index in [1.807, 2.05) is 0 Å². The van der Waals surface area contributed by atoms with Crippen LogP contribution in [0.2, 0.25) is 0 Å². The van der Waals surface area contributed by atoms with Gasteiger partial charge in [0.2, 0.25) is 5.78 Å². The van der Waals surface area contributed by atoms with E-state index < -0.39 is 5.97 Å². The van der Waals surface area contributed by atoms with Gasteiger partial charge in [-0.2, -0.15) is 4.98 Å². The number of rotatable bonds is 1. The SMILES string of the molecule is O=C(O)c1cnc2nc3nc[nH]c3cn12. The second kappa shape index (κ2) is 2.53. The van der Waals surface area contributed by atoms with E-state index >= 15 is 0 Å². The van der Waals surface area contributed by atoms with E-state index in [9.17, 15) is 4.79 Å². The molecule has 0 aliphatic heterocycles. The number of carbonyl (C=O) groups is 1. The molecule has 0 aliphatic carbocycles. The Hall–Kier alpha value is -2.44. The molecule has 0 bridgehead atoms. The lowest BCUT2D eigenvalue weighted by Gasteiger charge is -1.95. The molecule has 0 fully saturated rings. The van der Waals surface area contributed by atoms with Crippen molar-refractivity contribution >= 4 is 22.9 Å². The van der Waals surface area contributed by atoms with Gasteiger partial charge < -0.3 is 10.1 Å². The number of hydrogen-bond acceptors (Lipinski definition) is 4. The fourth-order valence-corrected chi connectivity index (χ4v) is 1.42. The number of aromatic amines is 1. The lowest BCUT2D eigenvalue weighted by molar-refractivity contribution is 0.0689. The van der Waals surface area contributed by atoms with E-state index in [-0.39, 0.29) is 5.69 Å². The fourth-order valence-electron chi connectivity index (χ4n) is 1.42. The Morgan fingerprint density at radius 3 is 3.13 bits per heavy atom. The number of H-pyrrole nitrogens is 1. The van der Waals surface area contributed by atoms with Crippen LogP contribution in [0.3, 0.4) is 0 Å². The number of nitrogens with zero attached hydrogens (tertiary/aromatic N) is 4. The van der Waals surface area contributed by atoms with Crippen molar-refractivity contribution in [3.05, 3.63) is 24.4 Å². The Balaban J connectivity index is 2.46. The molecule has 0 atom stereocenters. The second-order valence-electron chi connectivity index (χ2n) is 3.00. The highest BCUT2D eigenvalue weighted by Crippen LogP contribution is 2.10. The molecule has 0 saturated carbocycles. The molecule has 0 aliphatic rings. The Bertz CT molecular complexity index is 668. The van der Waals surface area contributed by atoms with Crippen LogP contribution in [0.1, 0.15) is 10.5 Å². The van der Waals surface area contributed by atoms with Gasteiger partial charge in [-0.15, -0.1) is 0 Å². The van der Waals surface area contributed by atoms with Gasteiger partial charge in [-0.1, -0.05) is 0 Å². The standard InChI is InChI=1S/C8H5N5O2/c14-7(15)5-1-9-8-12-6-4(2-13(5)8)10-3-11-6/h1-3H,(H,14,15)(H,9,10,11,12). The summed E-state index contributed by atoms with van der Waals surface area (Å²) in [7, 11) is 0. The van der Waals surface area contributed by atoms with Crippen molar-refractivity contribution in [3.63, 3.8) is 0 Å². The first-order chi connectivity index (χ1) is 7.25. The summed E-state index contributed by atoms with van der Waals surface area (Å²) in [5.74, 6) is -0.713. The molecule has 3 aromatic heterocycles. The fraction of sp³-hybridized carbons (Fsp3) is 0. The molecule has 7 nitrogen and oxygen atoms in total. The van der Waals surface area contributed by atoms with E-state index in [2.05, 4.69) is 19.9 Å². The number of aromatic nitrogens is 5. The van der Waals surface area contributed by atoms with E-state index in [4.69, 9.17) is 5.11 Å². The summed E-state index contributed by atoms with van der Waals surface area (Å²) in [5.41, 5.74) is 1.27. The number of aromatic carboxylic acids is 1. The summed E-state index contributed by atoms with van der Waals surface area (Å²) in [6.07, 6.45) is 4.38. The average Bonchev–Trinajstić information content (AvgIpc) is 2.77. The van der Waals surface area contributed by atoms with Gasteiger partial charge in [0.1, 0.15) is 5.52 Å². The maximum absolute atomic E-state index is 10.8. The van der Waals surface area contributed by atoms with E-state index in [0.29, 0.717) is 16.9 Å². The second-order valence-corrected chi connectivity index (χ2v) is 3.00. The molecular formula is C8H5N5O2. The topological polar surface area (TPSA) is 96.2 Å². The molecule has 0 saturated heterocycles. The lowest BCUT2D eigenvalue weighted by atomic mass is 10.5. The number of imidazole rings is 2. The van der Waals surface area contributed by atoms with Crippen molar-refractivity contribution < 1.29 is 9.90 Å². The van der Waals surface area contributed by atoms with Crippen LogP contribution in [0, 0.1) is 0 Å². The van der Waals surface area contributed by atoms with Gasteiger partial charge in [-0.05, 0) is 0 Å². The maximum Gasteiger partial charge on any atom is 0.354 e. The predicted octanol–water partition coefficient (Wildman–Crippen LogP) is 0.304. The van der Waals surface area contributed by atoms with E-state index in [1.54, 1.807) is 6.20 Å². The Morgan fingerprint density at radius 1 is 1.47 bits per heavy atom. The van der Waals surface area contributed by atoms with Crippen molar-refractivity contribution in [2.75, 3.05) is 0 Å². The zero-order valence-electron chi connectivity index (χ0n) is 7.38. The maximum atomic E-state index is 10.8. The molecule has 0 spiro atoms. The van der Waals surface area contributed by atoms with Crippen LogP contribution in [0.5, 0.6) is 0 Å². The molecule has 3 aromatic rings. The molecule has 2 N–H and O–H groups in total. The third-order valence-electron chi connectivity index (χ3n) is 2.11. The monoisotopic (exact) mass is 203 g/mol. The highest BCUT2D eigenvalue weighted by molar-refractivity contribution is 5.87. The first-order valence-corrected chi connectivity index (χ1v) is 4.16. The molecule has 3 heterocycles. The Kier molecular flexibility index (Phi) is 1.34. The van der Waals surface area contributed by atoms with Gasteiger partial charge in [-0.25, -0.2) is 14.8 Å². The van der Waals surface area contributed by atoms with Gasteiger partial charge >= 0.3 is 5.97 Å². The Labute approximate surface area is 82.4 Å². The quantitative estimate of drug-likeness (QED) is 0.593. The predicted molar refractivity (Wildman–Crippen MR) is 49.6 cm³/mol. The largest absolute Gasteiger partial charge is 0.477 e. The third kappa shape index (κ3) is 0.997.